The lowest BCUT2D eigenvalue weighted by atomic mass is 9.93. The van der Waals surface area contributed by atoms with Crippen LogP contribution in [0.5, 0.6) is 0 Å². The van der Waals surface area contributed by atoms with Gasteiger partial charge in [-0.2, -0.15) is 0 Å². The summed E-state index contributed by atoms with van der Waals surface area (Å²) in [7, 11) is 1.54. The van der Waals surface area contributed by atoms with Crippen LogP contribution in [-0.4, -0.2) is 41.9 Å². The van der Waals surface area contributed by atoms with Crippen molar-refractivity contribution < 1.29 is 19.2 Å². The van der Waals surface area contributed by atoms with Crippen molar-refractivity contribution in [1.82, 2.24) is 4.90 Å². The number of hydrogen-bond donors (Lipinski definition) is 0. The molecule has 7 heteroatoms. The summed E-state index contributed by atoms with van der Waals surface area (Å²) in [5.41, 5.74) is 0.426. The first-order chi connectivity index (χ1) is 11.0. The van der Waals surface area contributed by atoms with Gasteiger partial charge in [-0.05, 0) is 17.9 Å². The second kappa shape index (κ2) is 5.77. The third kappa shape index (κ3) is 2.44. The summed E-state index contributed by atoms with van der Waals surface area (Å²) in [6, 6.07) is 7.58. The summed E-state index contributed by atoms with van der Waals surface area (Å²) in [6.07, 6.45) is 0.508. The van der Waals surface area contributed by atoms with Crippen molar-refractivity contribution in [3.8, 4) is 0 Å². The predicted molar refractivity (Wildman–Crippen MR) is 82.5 cm³/mol. The number of amides is 2. The van der Waals surface area contributed by atoms with Gasteiger partial charge in [-0.1, -0.05) is 12.1 Å². The van der Waals surface area contributed by atoms with Crippen LogP contribution in [0.1, 0.15) is 27.1 Å². The maximum atomic E-state index is 12.6. The van der Waals surface area contributed by atoms with Crippen molar-refractivity contribution >= 4 is 28.3 Å². The van der Waals surface area contributed by atoms with Crippen LogP contribution in [0, 0.1) is 10.1 Å². The molecule has 0 unspecified atom stereocenters. The number of imide groups is 1. The zero-order chi connectivity index (χ0) is 16.6. The number of carbonyl (C=O) groups is 2. The highest BCUT2D eigenvalue weighted by Crippen LogP contribution is 2.33. The minimum absolute atomic E-state index is 0.163. The van der Waals surface area contributed by atoms with Crippen LogP contribution in [0.4, 0.5) is 5.69 Å². The van der Waals surface area contributed by atoms with Gasteiger partial charge in [0.1, 0.15) is 0 Å². The molecule has 0 N–H and O–H groups in total. The highest BCUT2D eigenvalue weighted by molar-refractivity contribution is 6.25. The molecule has 1 aliphatic rings. The van der Waals surface area contributed by atoms with E-state index in [0.717, 1.165) is 4.90 Å². The van der Waals surface area contributed by atoms with Gasteiger partial charge in [-0.25, -0.2) is 0 Å². The summed E-state index contributed by atoms with van der Waals surface area (Å²) in [5, 5.41) is 12.1. The van der Waals surface area contributed by atoms with E-state index in [1.54, 1.807) is 25.3 Å². The molecule has 0 fully saturated rings. The van der Waals surface area contributed by atoms with E-state index in [1.165, 1.54) is 12.1 Å². The average molecular weight is 314 g/mol. The molecule has 1 aliphatic heterocycles. The Morgan fingerprint density at radius 2 is 1.91 bits per heavy atom. The van der Waals surface area contributed by atoms with Gasteiger partial charge >= 0.3 is 0 Å². The number of nitrogens with zero attached hydrogens (tertiary/aromatic N) is 2. The van der Waals surface area contributed by atoms with Crippen molar-refractivity contribution in [3.05, 3.63) is 51.6 Å². The molecule has 2 amide bonds. The summed E-state index contributed by atoms with van der Waals surface area (Å²) < 4.78 is 4.94. The van der Waals surface area contributed by atoms with E-state index in [2.05, 4.69) is 0 Å². The number of carbonyl (C=O) groups excluding carboxylic acids is 2. The Morgan fingerprint density at radius 3 is 2.61 bits per heavy atom. The zero-order valence-electron chi connectivity index (χ0n) is 12.4. The molecule has 118 valence electrons. The van der Waals surface area contributed by atoms with Gasteiger partial charge in [0.15, 0.2) is 0 Å². The van der Waals surface area contributed by atoms with Gasteiger partial charge in [-0.3, -0.25) is 24.6 Å². The van der Waals surface area contributed by atoms with E-state index in [4.69, 9.17) is 4.74 Å². The van der Waals surface area contributed by atoms with E-state index >= 15 is 0 Å². The molecule has 0 bridgehead atoms. The normalized spacial score (nSPS) is 13.7. The molecule has 0 aromatic heterocycles. The number of hydrogen-bond acceptors (Lipinski definition) is 5. The molecule has 0 saturated carbocycles. The Bertz CT molecular complexity index is 831. The van der Waals surface area contributed by atoms with E-state index in [1.807, 2.05) is 0 Å². The molecule has 0 saturated heterocycles. The van der Waals surface area contributed by atoms with Crippen molar-refractivity contribution in [1.29, 1.82) is 0 Å². The van der Waals surface area contributed by atoms with Gasteiger partial charge in [0.2, 0.25) is 0 Å². The van der Waals surface area contributed by atoms with Crippen LogP contribution in [0.3, 0.4) is 0 Å². The van der Waals surface area contributed by atoms with Crippen molar-refractivity contribution in [2.75, 3.05) is 20.3 Å². The van der Waals surface area contributed by atoms with Crippen molar-refractivity contribution in [2.45, 2.75) is 6.42 Å². The van der Waals surface area contributed by atoms with Crippen LogP contribution >= 0.6 is 0 Å². The van der Waals surface area contributed by atoms with E-state index < -0.39 is 10.8 Å². The zero-order valence-corrected chi connectivity index (χ0v) is 12.4. The Labute approximate surface area is 131 Å². The number of methoxy groups -OCH3 is 1. The van der Waals surface area contributed by atoms with Crippen LogP contribution < -0.4 is 0 Å². The van der Waals surface area contributed by atoms with Gasteiger partial charge in [-0.15, -0.1) is 0 Å². The third-order valence-electron chi connectivity index (χ3n) is 3.85. The lowest BCUT2D eigenvalue weighted by molar-refractivity contribution is -0.384. The van der Waals surface area contributed by atoms with Gasteiger partial charge in [0, 0.05) is 43.3 Å². The predicted octanol–water partition coefficient (Wildman–Crippen LogP) is 2.38. The first-order valence-electron chi connectivity index (χ1n) is 7.11. The summed E-state index contributed by atoms with van der Waals surface area (Å²) >= 11 is 0. The summed E-state index contributed by atoms with van der Waals surface area (Å²) in [4.78, 5) is 36.8. The number of ether oxygens (including phenoxy) is 1. The molecule has 2 aromatic carbocycles. The number of rotatable bonds is 5. The van der Waals surface area contributed by atoms with Crippen LogP contribution in [0.15, 0.2) is 30.3 Å². The van der Waals surface area contributed by atoms with Crippen molar-refractivity contribution in [3.63, 3.8) is 0 Å². The van der Waals surface area contributed by atoms with Gasteiger partial charge in [0.05, 0.1) is 10.5 Å². The molecular weight excluding hydrogens is 300 g/mol. The Kier molecular flexibility index (Phi) is 3.79. The monoisotopic (exact) mass is 314 g/mol. The maximum absolute atomic E-state index is 12.6. The Morgan fingerprint density at radius 1 is 1.17 bits per heavy atom. The van der Waals surface area contributed by atoms with E-state index in [0.29, 0.717) is 29.4 Å². The topological polar surface area (TPSA) is 89.8 Å². The minimum atomic E-state index is -0.540. The largest absolute Gasteiger partial charge is 0.385 e. The number of nitro benzene ring substituents is 1. The standard InChI is InChI=1S/C16H14N2O5/c1-23-7-3-6-17-15(19)12-5-2-4-10-8-11(18(21)22)9-13(14(10)12)16(17)20/h2,4-5,8-9H,3,6-7H2,1H3. The van der Waals surface area contributed by atoms with Gasteiger partial charge in [0.25, 0.3) is 17.5 Å². The fraction of sp³-hybridized carbons (Fsp3) is 0.250. The van der Waals surface area contributed by atoms with Crippen LogP contribution in [-0.2, 0) is 4.74 Å². The summed E-state index contributed by atoms with van der Waals surface area (Å²) in [5.74, 6) is -0.878. The highest BCUT2D eigenvalue weighted by atomic mass is 16.6. The number of nitro groups is 1. The quantitative estimate of drug-likeness (QED) is 0.366. The minimum Gasteiger partial charge on any atom is -0.385 e. The molecule has 0 spiro atoms. The molecule has 0 radical (unpaired) electrons. The fourth-order valence-corrected chi connectivity index (χ4v) is 2.82. The summed E-state index contributed by atoms with van der Waals surface area (Å²) in [6.45, 7) is 0.632. The maximum Gasteiger partial charge on any atom is 0.270 e. The van der Waals surface area contributed by atoms with Crippen LogP contribution in [0.2, 0.25) is 0 Å². The Balaban J connectivity index is 2.15. The number of benzene rings is 2. The SMILES string of the molecule is COCCCN1C(=O)c2cccc3cc([N+](=O)[O-])cc(c23)C1=O. The molecule has 1 heterocycles. The molecule has 23 heavy (non-hydrogen) atoms. The van der Waals surface area contributed by atoms with E-state index in [9.17, 15) is 19.7 Å². The second-order valence-corrected chi connectivity index (χ2v) is 5.26. The molecule has 0 atom stereocenters. The first-order valence-corrected chi connectivity index (χ1v) is 7.11. The van der Waals surface area contributed by atoms with Crippen LogP contribution in [0.25, 0.3) is 10.8 Å². The smallest absolute Gasteiger partial charge is 0.270 e. The average Bonchev–Trinajstić information content (AvgIpc) is 2.55. The van der Waals surface area contributed by atoms with Gasteiger partial charge < -0.3 is 4.74 Å². The second-order valence-electron chi connectivity index (χ2n) is 5.26. The van der Waals surface area contributed by atoms with Crippen molar-refractivity contribution in [2.24, 2.45) is 0 Å². The first kappa shape index (κ1) is 15.1. The third-order valence-corrected chi connectivity index (χ3v) is 3.85. The lowest BCUT2D eigenvalue weighted by Crippen LogP contribution is -2.41. The Hall–Kier alpha value is -2.80. The molecule has 2 aromatic rings. The lowest BCUT2D eigenvalue weighted by Gasteiger charge is -2.27. The van der Waals surface area contributed by atoms with E-state index in [-0.39, 0.29) is 23.7 Å². The fourth-order valence-electron chi connectivity index (χ4n) is 2.82. The molecular formula is C16H14N2O5. The highest BCUT2D eigenvalue weighted by Gasteiger charge is 2.33. The molecule has 7 nitrogen and oxygen atoms in total. The number of non-ortho nitro benzene ring substituents is 1. The molecule has 3 rings (SSSR count). The molecule has 0 aliphatic carbocycles.